The number of benzene rings is 2. The largest absolute Gasteiger partial charge is 0.573 e. The van der Waals surface area contributed by atoms with Crippen molar-refractivity contribution in [1.29, 1.82) is 0 Å². The van der Waals surface area contributed by atoms with E-state index in [2.05, 4.69) is 20.0 Å². The Kier molecular flexibility index (Phi) is 6.68. The van der Waals surface area contributed by atoms with Gasteiger partial charge in [0, 0.05) is 41.4 Å². The van der Waals surface area contributed by atoms with E-state index >= 15 is 0 Å². The average molecular weight is 542 g/mol. The summed E-state index contributed by atoms with van der Waals surface area (Å²) in [5, 5.41) is 6.44. The molecule has 39 heavy (non-hydrogen) atoms. The predicted molar refractivity (Wildman–Crippen MR) is 135 cm³/mol. The maximum Gasteiger partial charge on any atom is 0.573 e. The second kappa shape index (κ2) is 10.3. The van der Waals surface area contributed by atoms with E-state index in [1.54, 1.807) is 12.1 Å². The lowest BCUT2D eigenvalue weighted by Gasteiger charge is -2.33. The van der Waals surface area contributed by atoms with Crippen LogP contribution in [0.2, 0.25) is 0 Å². The van der Waals surface area contributed by atoms with Crippen LogP contribution in [-0.4, -0.2) is 35.9 Å². The zero-order valence-electron chi connectivity index (χ0n) is 20.9. The molecule has 0 bridgehead atoms. The number of aromatic amines is 1. The normalized spacial score (nSPS) is 16.5. The van der Waals surface area contributed by atoms with Gasteiger partial charge in [0.2, 0.25) is 0 Å². The molecule has 0 radical (unpaired) electrons. The first-order valence-electron chi connectivity index (χ1n) is 12.8. The topological polar surface area (TPSA) is 93.7 Å². The average Bonchev–Trinajstić information content (AvgIpc) is 3.54. The molecule has 2 aromatic carbocycles. The summed E-state index contributed by atoms with van der Waals surface area (Å²) in [6, 6.07) is 15.2. The van der Waals surface area contributed by atoms with Gasteiger partial charge in [0.15, 0.2) is 5.76 Å². The number of alkyl halides is 3. The molecular formula is C28H26F3N3O5. The van der Waals surface area contributed by atoms with Gasteiger partial charge >= 0.3 is 6.36 Å². The highest BCUT2D eigenvalue weighted by atomic mass is 19.4. The van der Waals surface area contributed by atoms with Gasteiger partial charge in [0.25, 0.3) is 5.56 Å². The molecule has 204 valence electrons. The minimum atomic E-state index is -4.82. The second-order valence-electron chi connectivity index (χ2n) is 9.81. The molecule has 1 saturated heterocycles. The zero-order chi connectivity index (χ0) is 27.0. The molecular weight excluding hydrogens is 515 g/mol. The van der Waals surface area contributed by atoms with E-state index in [9.17, 15) is 18.0 Å². The summed E-state index contributed by atoms with van der Waals surface area (Å²) in [5.41, 5.74) is 2.83. The lowest BCUT2D eigenvalue weighted by molar-refractivity contribution is -0.274. The molecule has 2 aromatic heterocycles. The van der Waals surface area contributed by atoms with E-state index in [4.69, 9.17) is 13.8 Å². The third-order valence-corrected chi connectivity index (χ3v) is 7.08. The Balaban J connectivity index is 1.12. The van der Waals surface area contributed by atoms with Gasteiger partial charge in [-0.3, -0.25) is 4.79 Å². The van der Waals surface area contributed by atoms with Crippen molar-refractivity contribution in [2.45, 2.75) is 50.7 Å². The number of rotatable bonds is 8. The zero-order valence-corrected chi connectivity index (χ0v) is 20.9. The van der Waals surface area contributed by atoms with Gasteiger partial charge in [-0.2, -0.15) is 5.16 Å². The van der Waals surface area contributed by atoms with E-state index in [0.717, 1.165) is 50.0 Å². The molecule has 1 saturated carbocycles. The Morgan fingerprint density at radius 1 is 1.03 bits per heavy atom. The molecule has 11 heteroatoms. The smallest absolute Gasteiger partial charge is 0.405 e. The van der Waals surface area contributed by atoms with Crippen LogP contribution in [0, 0.1) is 0 Å². The summed E-state index contributed by atoms with van der Waals surface area (Å²) in [5.74, 6) is 1.07. The number of hydrogen-bond donors (Lipinski definition) is 1. The fourth-order valence-electron chi connectivity index (χ4n) is 4.96. The highest BCUT2D eigenvalue weighted by Gasteiger charge is 2.36. The van der Waals surface area contributed by atoms with Crippen LogP contribution in [0.25, 0.3) is 22.6 Å². The number of hydrogen-bond acceptors (Lipinski definition) is 7. The van der Waals surface area contributed by atoms with Crippen LogP contribution < -0.4 is 15.2 Å². The van der Waals surface area contributed by atoms with Crippen LogP contribution in [0.5, 0.6) is 5.75 Å². The highest BCUT2D eigenvalue weighted by molar-refractivity contribution is 5.70. The number of H-pyrrole nitrogens is 1. The summed E-state index contributed by atoms with van der Waals surface area (Å²) in [7, 11) is 0. The summed E-state index contributed by atoms with van der Waals surface area (Å²) >= 11 is 0. The van der Waals surface area contributed by atoms with Crippen LogP contribution in [-0.2, 0) is 11.3 Å². The van der Waals surface area contributed by atoms with Gasteiger partial charge in [0.05, 0.1) is 18.8 Å². The SMILES string of the molecule is O=c1cc(-c2ccc(N3CCC(OCc4c(-c5ccccc5OC(F)(F)F)noc4C4CC4)CC3)cc2)o[nH]1. The van der Waals surface area contributed by atoms with Gasteiger partial charge in [-0.05, 0) is 62.1 Å². The molecule has 0 spiro atoms. The Morgan fingerprint density at radius 2 is 1.77 bits per heavy atom. The molecule has 3 heterocycles. The molecule has 8 nitrogen and oxygen atoms in total. The van der Waals surface area contributed by atoms with Crippen molar-refractivity contribution in [3.8, 4) is 28.3 Å². The monoisotopic (exact) mass is 541 g/mol. The Labute approximate surface area is 221 Å². The standard InChI is InChI=1S/C28H26F3N3O5/c29-28(30,31)37-23-4-2-1-3-21(23)26-22(27(39-33-26)18-5-6-18)16-36-20-11-13-34(14-12-20)19-9-7-17(8-10-19)24-15-25(35)32-38-24/h1-4,7-10,15,18,20H,5-6,11-14,16H2,(H,32,35). The van der Waals surface area contributed by atoms with Crippen LogP contribution in [0.4, 0.5) is 18.9 Å². The van der Waals surface area contributed by atoms with Crippen LogP contribution in [0.15, 0.2) is 68.4 Å². The van der Waals surface area contributed by atoms with Crippen molar-refractivity contribution in [2.24, 2.45) is 0 Å². The first-order chi connectivity index (χ1) is 18.8. The van der Waals surface area contributed by atoms with Gasteiger partial charge in [0.1, 0.15) is 17.2 Å². The van der Waals surface area contributed by atoms with Gasteiger partial charge in [-0.15, -0.1) is 13.2 Å². The molecule has 0 unspecified atom stereocenters. The molecule has 2 fully saturated rings. The van der Waals surface area contributed by atoms with E-state index in [1.807, 2.05) is 24.3 Å². The predicted octanol–water partition coefficient (Wildman–Crippen LogP) is 6.25. The van der Waals surface area contributed by atoms with Crippen molar-refractivity contribution >= 4 is 5.69 Å². The van der Waals surface area contributed by atoms with E-state index in [0.29, 0.717) is 22.8 Å². The van der Waals surface area contributed by atoms with E-state index < -0.39 is 6.36 Å². The van der Waals surface area contributed by atoms with Crippen molar-refractivity contribution < 1.29 is 31.7 Å². The van der Waals surface area contributed by atoms with Crippen LogP contribution in [0.1, 0.15) is 42.9 Å². The minimum Gasteiger partial charge on any atom is -0.405 e. The highest BCUT2D eigenvalue weighted by Crippen LogP contribution is 2.45. The lowest BCUT2D eigenvalue weighted by Crippen LogP contribution is -2.37. The molecule has 6 rings (SSSR count). The molecule has 4 aromatic rings. The lowest BCUT2D eigenvalue weighted by atomic mass is 10.0. The summed E-state index contributed by atoms with van der Waals surface area (Å²) in [6.45, 7) is 1.78. The quantitative estimate of drug-likeness (QED) is 0.282. The first-order valence-corrected chi connectivity index (χ1v) is 12.8. The summed E-state index contributed by atoms with van der Waals surface area (Å²) in [6.07, 6.45) is -1.33. The van der Waals surface area contributed by atoms with Crippen LogP contribution >= 0.6 is 0 Å². The number of anilines is 1. The molecule has 1 N–H and O–H groups in total. The number of piperidine rings is 1. The fraction of sp³-hybridized carbons (Fsp3) is 0.357. The minimum absolute atomic E-state index is 0.00822. The Morgan fingerprint density at radius 3 is 2.44 bits per heavy atom. The Hall–Kier alpha value is -3.99. The van der Waals surface area contributed by atoms with Gasteiger partial charge in [-0.1, -0.05) is 17.3 Å². The summed E-state index contributed by atoms with van der Waals surface area (Å²) < 4.78 is 60.4. The number of para-hydroxylation sites is 1. The Bertz CT molecular complexity index is 1480. The van der Waals surface area contributed by atoms with E-state index in [1.165, 1.54) is 18.2 Å². The molecule has 0 amide bonds. The number of aromatic nitrogens is 2. The second-order valence-corrected chi connectivity index (χ2v) is 9.81. The third kappa shape index (κ3) is 5.73. The maximum absolute atomic E-state index is 13.0. The first kappa shape index (κ1) is 25.3. The fourth-order valence-corrected chi connectivity index (χ4v) is 4.96. The van der Waals surface area contributed by atoms with Crippen molar-refractivity contribution in [2.75, 3.05) is 18.0 Å². The molecule has 0 atom stereocenters. The van der Waals surface area contributed by atoms with Gasteiger partial charge in [-0.25, -0.2) is 0 Å². The van der Waals surface area contributed by atoms with Crippen molar-refractivity contribution in [1.82, 2.24) is 10.3 Å². The number of nitrogens with zero attached hydrogens (tertiary/aromatic N) is 2. The number of ether oxygens (including phenoxy) is 2. The summed E-state index contributed by atoms with van der Waals surface area (Å²) in [4.78, 5) is 13.6. The van der Waals surface area contributed by atoms with Crippen molar-refractivity contribution in [3.63, 3.8) is 0 Å². The molecule has 2 aliphatic rings. The third-order valence-electron chi connectivity index (χ3n) is 7.08. The molecule has 1 aliphatic heterocycles. The van der Waals surface area contributed by atoms with Gasteiger partial charge < -0.3 is 23.4 Å². The van der Waals surface area contributed by atoms with E-state index in [-0.39, 0.29) is 35.5 Å². The maximum atomic E-state index is 13.0. The number of nitrogens with one attached hydrogen (secondary N) is 1. The molecule has 1 aliphatic carbocycles. The van der Waals surface area contributed by atoms with Crippen LogP contribution in [0.3, 0.4) is 0 Å². The van der Waals surface area contributed by atoms with Crippen molar-refractivity contribution in [3.05, 3.63) is 76.3 Å². The number of halogens is 3.